The number of nitrogens with one attached hydrogen (secondary N) is 1. The van der Waals surface area contributed by atoms with Gasteiger partial charge in [-0.3, -0.25) is 9.69 Å². The molecule has 7 heteroatoms. The van der Waals surface area contributed by atoms with Crippen molar-refractivity contribution in [2.45, 2.75) is 6.92 Å². The van der Waals surface area contributed by atoms with E-state index in [-0.39, 0.29) is 5.91 Å². The first-order chi connectivity index (χ1) is 10.6. The Morgan fingerprint density at radius 3 is 2.82 bits per heavy atom. The van der Waals surface area contributed by atoms with Crippen LogP contribution < -0.4 is 10.2 Å². The third kappa shape index (κ3) is 4.79. The number of methoxy groups -OCH3 is 1. The van der Waals surface area contributed by atoms with Gasteiger partial charge in [0.2, 0.25) is 0 Å². The molecule has 0 spiro atoms. The van der Waals surface area contributed by atoms with Crippen LogP contribution in [-0.2, 0) is 9.53 Å². The summed E-state index contributed by atoms with van der Waals surface area (Å²) < 4.78 is 11.3. The Morgan fingerprint density at radius 1 is 1.45 bits per heavy atom. The van der Waals surface area contributed by atoms with Gasteiger partial charge in [-0.2, -0.15) is 5.10 Å². The van der Waals surface area contributed by atoms with E-state index in [9.17, 15) is 4.79 Å². The van der Waals surface area contributed by atoms with Crippen molar-refractivity contribution in [3.8, 4) is 5.75 Å². The molecule has 0 aliphatic carbocycles. The Kier molecular flexibility index (Phi) is 6.35. The molecule has 1 N–H and O–H groups in total. The molecule has 0 bridgehead atoms. The molecule has 1 fully saturated rings. The van der Waals surface area contributed by atoms with E-state index in [4.69, 9.17) is 9.47 Å². The smallest absolute Gasteiger partial charge is 0.254 e. The van der Waals surface area contributed by atoms with Crippen LogP contribution in [0.3, 0.4) is 0 Å². The van der Waals surface area contributed by atoms with Crippen molar-refractivity contribution < 1.29 is 14.3 Å². The minimum absolute atomic E-state index is 0.117. The number of ether oxygens (including phenoxy) is 2. The van der Waals surface area contributed by atoms with Gasteiger partial charge in [-0.25, -0.2) is 5.43 Å². The Balaban J connectivity index is 1.91. The number of halogens is 1. The van der Waals surface area contributed by atoms with Crippen LogP contribution in [0.15, 0.2) is 27.8 Å². The lowest BCUT2D eigenvalue weighted by Gasteiger charge is -2.25. The lowest BCUT2D eigenvalue weighted by atomic mass is 10.1. The number of benzene rings is 1. The van der Waals surface area contributed by atoms with E-state index in [1.807, 2.05) is 30.0 Å². The lowest BCUT2D eigenvalue weighted by Crippen LogP contribution is -2.42. The van der Waals surface area contributed by atoms with Crippen molar-refractivity contribution in [2.24, 2.45) is 5.10 Å². The predicted octanol–water partition coefficient (Wildman–Crippen LogP) is 1.63. The number of hydrazone groups is 1. The van der Waals surface area contributed by atoms with E-state index >= 15 is 0 Å². The average Bonchev–Trinajstić information content (AvgIpc) is 2.53. The minimum atomic E-state index is -0.117. The van der Waals surface area contributed by atoms with Gasteiger partial charge in [-0.15, -0.1) is 0 Å². The molecular formula is C15H20BrN3O3. The Bertz CT molecular complexity index is 557. The van der Waals surface area contributed by atoms with Gasteiger partial charge < -0.3 is 9.47 Å². The largest absolute Gasteiger partial charge is 0.496 e. The van der Waals surface area contributed by atoms with Gasteiger partial charge in [0, 0.05) is 13.1 Å². The highest BCUT2D eigenvalue weighted by Gasteiger charge is 2.13. The lowest BCUT2D eigenvalue weighted by molar-refractivity contribution is -0.123. The molecule has 0 saturated carbocycles. The van der Waals surface area contributed by atoms with Crippen molar-refractivity contribution in [1.29, 1.82) is 0 Å². The van der Waals surface area contributed by atoms with Crippen molar-refractivity contribution >= 4 is 27.5 Å². The summed E-state index contributed by atoms with van der Waals surface area (Å²) in [5.74, 6) is 0.640. The summed E-state index contributed by atoms with van der Waals surface area (Å²) >= 11 is 3.44. The first-order valence-corrected chi connectivity index (χ1v) is 7.86. The summed E-state index contributed by atoms with van der Waals surface area (Å²) in [4.78, 5) is 13.9. The molecule has 0 atom stereocenters. The molecule has 1 aromatic carbocycles. The second-order valence-electron chi connectivity index (χ2n) is 4.97. The zero-order chi connectivity index (χ0) is 15.9. The quantitative estimate of drug-likeness (QED) is 0.632. The fourth-order valence-electron chi connectivity index (χ4n) is 2.10. The predicted molar refractivity (Wildman–Crippen MR) is 88.3 cm³/mol. The van der Waals surface area contributed by atoms with Crippen LogP contribution in [0.1, 0.15) is 12.5 Å². The van der Waals surface area contributed by atoms with Crippen LogP contribution in [0.2, 0.25) is 0 Å². The first kappa shape index (κ1) is 16.9. The van der Waals surface area contributed by atoms with Gasteiger partial charge >= 0.3 is 0 Å². The van der Waals surface area contributed by atoms with E-state index < -0.39 is 0 Å². The second kappa shape index (κ2) is 8.26. The van der Waals surface area contributed by atoms with Crippen molar-refractivity contribution in [3.05, 3.63) is 28.2 Å². The van der Waals surface area contributed by atoms with Crippen molar-refractivity contribution in [3.63, 3.8) is 0 Å². The van der Waals surface area contributed by atoms with Gasteiger partial charge in [0.25, 0.3) is 5.91 Å². The highest BCUT2D eigenvalue weighted by atomic mass is 79.9. The molecule has 1 aliphatic rings. The van der Waals surface area contributed by atoms with Crippen LogP contribution in [0.5, 0.6) is 5.75 Å². The molecule has 1 aliphatic heterocycles. The van der Waals surface area contributed by atoms with E-state index in [1.54, 1.807) is 7.11 Å². The number of hydrogen-bond donors (Lipinski definition) is 1. The molecule has 0 unspecified atom stereocenters. The number of rotatable bonds is 5. The maximum atomic E-state index is 11.9. The summed E-state index contributed by atoms with van der Waals surface area (Å²) in [6, 6.07) is 5.66. The number of hydrogen-bond acceptors (Lipinski definition) is 5. The fourth-order valence-corrected chi connectivity index (χ4v) is 2.64. The Labute approximate surface area is 138 Å². The van der Waals surface area contributed by atoms with E-state index in [1.165, 1.54) is 0 Å². The zero-order valence-corrected chi connectivity index (χ0v) is 14.4. The Morgan fingerprint density at radius 2 is 2.18 bits per heavy atom. The van der Waals surface area contributed by atoms with E-state index in [0.29, 0.717) is 19.8 Å². The SMILES string of the molecule is COc1ccc(/C(C)=N\NC(=O)CN2CCOCC2)cc1Br. The molecule has 0 radical (unpaired) electrons. The van der Waals surface area contributed by atoms with Crippen LogP contribution in [0.4, 0.5) is 0 Å². The molecule has 1 aromatic rings. The molecule has 1 saturated heterocycles. The summed E-state index contributed by atoms with van der Waals surface area (Å²) in [5, 5.41) is 4.15. The van der Waals surface area contributed by atoms with E-state index in [2.05, 4.69) is 26.5 Å². The molecule has 1 heterocycles. The maximum Gasteiger partial charge on any atom is 0.254 e. The highest BCUT2D eigenvalue weighted by Crippen LogP contribution is 2.25. The number of carbonyl (C=O) groups excluding carboxylic acids is 1. The molecule has 22 heavy (non-hydrogen) atoms. The van der Waals surface area contributed by atoms with Gasteiger partial charge in [0.1, 0.15) is 5.75 Å². The molecule has 0 aromatic heterocycles. The molecule has 1 amide bonds. The zero-order valence-electron chi connectivity index (χ0n) is 12.8. The second-order valence-corrected chi connectivity index (χ2v) is 5.82. The normalized spacial score (nSPS) is 16.4. The van der Waals surface area contributed by atoms with Gasteiger partial charge in [0.05, 0.1) is 37.1 Å². The molecule has 120 valence electrons. The summed E-state index contributed by atoms with van der Waals surface area (Å²) in [7, 11) is 1.62. The van der Waals surface area contributed by atoms with Gasteiger partial charge in [-0.05, 0) is 46.6 Å². The van der Waals surface area contributed by atoms with Crippen LogP contribution >= 0.6 is 15.9 Å². The summed E-state index contributed by atoms with van der Waals surface area (Å²) in [6.07, 6.45) is 0. The highest BCUT2D eigenvalue weighted by molar-refractivity contribution is 9.10. The topological polar surface area (TPSA) is 63.2 Å². The monoisotopic (exact) mass is 369 g/mol. The standard InChI is InChI=1S/C15H20BrN3O3/c1-11(12-3-4-14(21-2)13(16)9-12)17-18-15(20)10-19-5-7-22-8-6-19/h3-4,9H,5-8,10H2,1-2H3,(H,18,20)/b17-11-. The molecule has 2 rings (SSSR count). The summed E-state index contributed by atoms with van der Waals surface area (Å²) in [6.45, 7) is 5.10. The third-order valence-electron chi connectivity index (χ3n) is 3.39. The fraction of sp³-hybridized carbons (Fsp3) is 0.467. The van der Waals surface area contributed by atoms with Crippen LogP contribution in [0, 0.1) is 0 Å². The van der Waals surface area contributed by atoms with Gasteiger partial charge in [0.15, 0.2) is 0 Å². The molecular weight excluding hydrogens is 350 g/mol. The van der Waals surface area contributed by atoms with Gasteiger partial charge in [-0.1, -0.05) is 0 Å². The van der Waals surface area contributed by atoms with Crippen LogP contribution in [-0.4, -0.2) is 56.5 Å². The minimum Gasteiger partial charge on any atom is -0.496 e. The van der Waals surface area contributed by atoms with Crippen LogP contribution in [0.25, 0.3) is 0 Å². The number of nitrogens with zero attached hydrogens (tertiary/aromatic N) is 2. The number of carbonyl (C=O) groups is 1. The third-order valence-corrected chi connectivity index (χ3v) is 4.01. The first-order valence-electron chi connectivity index (χ1n) is 7.07. The summed E-state index contributed by atoms with van der Waals surface area (Å²) in [5.41, 5.74) is 4.25. The van der Waals surface area contributed by atoms with Crippen molar-refractivity contribution in [2.75, 3.05) is 40.0 Å². The number of amides is 1. The average molecular weight is 370 g/mol. The Hall–Kier alpha value is -1.44. The molecule has 6 nitrogen and oxygen atoms in total. The van der Waals surface area contributed by atoms with Crippen molar-refractivity contribution in [1.82, 2.24) is 10.3 Å². The maximum absolute atomic E-state index is 11.9. The van der Waals surface area contributed by atoms with E-state index in [0.717, 1.165) is 34.6 Å². The number of morpholine rings is 1.